The van der Waals surface area contributed by atoms with Gasteiger partial charge in [0.15, 0.2) is 0 Å². The highest BCUT2D eigenvalue weighted by Gasteiger charge is 2.30. The van der Waals surface area contributed by atoms with E-state index in [1.54, 1.807) is 23.1 Å². The molecule has 1 aliphatic heterocycles. The molecule has 0 aromatic heterocycles. The van der Waals surface area contributed by atoms with Crippen molar-refractivity contribution in [2.45, 2.75) is 12.6 Å². The summed E-state index contributed by atoms with van der Waals surface area (Å²) in [7, 11) is 1.88. The third kappa shape index (κ3) is 3.28. The van der Waals surface area contributed by atoms with Crippen LogP contribution in [0, 0.1) is 0 Å². The van der Waals surface area contributed by atoms with E-state index in [0.29, 0.717) is 29.2 Å². The van der Waals surface area contributed by atoms with Crippen molar-refractivity contribution in [3.05, 3.63) is 33.8 Å². The van der Waals surface area contributed by atoms with E-state index in [1.807, 2.05) is 7.05 Å². The number of halogens is 2. The number of benzene rings is 1. The number of amides is 1. The molecule has 1 amide bonds. The molecule has 0 bridgehead atoms. The molecule has 18 heavy (non-hydrogen) atoms. The number of ether oxygens (including phenoxy) is 1. The Morgan fingerprint density at radius 3 is 2.56 bits per heavy atom. The Labute approximate surface area is 116 Å². The van der Waals surface area contributed by atoms with Crippen molar-refractivity contribution in [1.29, 1.82) is 0 Å². The van der Waals surface area contributed by atoms with E-state index in [0.717, 1.165) is 5.56 Å². The summed E-state index contributed by atoms with van der Waals surface area (Å²) in [4.78, 5) is 13.3. The molecule has 1 fully saturated rings. The summed E-state index contributed by atoms with van der Waals surface area (Å²) in [6.45, 7) is 1.55. The second kappa shape index (κ2) is 5.78. The van der Waals surface area contributed by atoms with Gasteiger partial charge in [0.2, 0.25) is 0 Å². The lowest BCUT2D eigenvalue weighted by Gasteiger charge is -2.37. The third-order valence-electron chi connectivity index (χ3n) is 2.83. The maximum atomic E-state index is 11.6. The van der Waals surface area contributed by atoms with Crippen LogP contribution in [0.5, 0.6) is 0 Å². The van der Waals surface area contributed by atoms with Gasteiger partial charge in [-0.3, -0.25) is 0 Å². The molecule has 0 spiro atoms. The highest BCUT2D eigenvalue weighted by atomic mass is 35.5. The van der Waals surface area contributed by atoms with Gasteiger partial charge in [-0.05, 0) is 30.8 Å². The van der Waals surface area contributed by atoms with Crippen LogP contribution in [-0.2, 0) is 11.3 Å². The quantitative estimate of drug-likeness (QED) is 0.929. The van der Waals surface area contributed by atoms with E-state index in [-0.39, 0.29) is 12.7 Å². The lowest BCUT2D eigenvalue weighted by molar-refractivity contribution is 0.0619. The Balaban J connectivity index is 1.82. The first-order chi connectivity index (χ1) is 8.58. The molecule has 1 saturated heterocycles. The molecule has 1 aliphatic rings. The monoisotopic (exact) mass is 288 g/mol. The number of carbonyl (C=O) groups excluding carboxylic acids is 1. The van der Waals surface area contributed by atoms with E-state index < -0.39 is 0 Å². The van der Waals surface area contributed by atoms with Gasteiger partial charge in [-0.15, -0.1) is 0 Å². The molecule has 0 radical (unpaired) electrons. The number of hydrogen-bond donors (Lipinski definition) is 1. The van der Waals surface area contributed by atoms with Crippen molar-refractivity contribution in [2.24, 2.45) is 0 Å². The first-order valence-electron chi connectivity index (χ1n) is 5.62. The van der Waals surface area contributed by atoms with Gasteiger partial charge < -0.3 is 15.0 Å². The van der Waals surface area contributed by atoms with Crippen LogP contribution in [0.15, 0.2) is 18.2 Å². The topological polar surface area (TPSA) is 41.6 Å². The van der Waals surface area contributed by atoms with E-state index in [2.05, 4.69) is 5.32 Å². The first-order valence-corrected chi connectivity index (χ1v) is 6.38. The van der Waals surface area contributed by atoms with Crippen LogP contribution in [0.25, 0.3) is 0 Å². The summed E-state index contributed by atoms with van der Waals surface area (Å²) in [5, 5.41) is 4.16. The van der Waals surface area contributed by atoms with Gasteiger partial charge in [0.05, 0.1) is 0 Å². The SMILES string of the molecule is CNC1CN(C(=O)OCc2cc(Cl)cc(Cl)c2)C1. The average molecular weight is 289 g/mol. The van der Waals surface area contributed by atoms with Crippen LogP contribution < -0.4 is 5.32 Å². The zero-order valence-corrected chi connectivity index (χ0v) is 11.5. The maximum Gasteiger partial charge on any atom is 0.410 e. The van der Waals surface area contributed by atoms with Gasteiger partial charge in [0.25, 0.3) is 0 Å². The Kier molecular flexibility index (Phi) is 4.32. The van der Waals surface area contributed by atoms with E-state index in [1.165, 1.54) is 0 Å². The van der Waals surface area contributed by atoms with Crippen molar-refractivity contribution in [1.82, 2.24) is 10.2 Å². The Morgan fingerprint density at radius 2 is 2.00 bits per heavy atom. The van der Waals surface area contributed by atoms with Crippen LogP contribution in [0.4, 0.5) is 4.79 Å². The fourth-order valence-corrected chi connectivity index (χ4v) is 2.31. The molecule has 1 heterocycles. The molecular formula is C12H14Cl2N2O2. The molecule has 1 N–H and O–H groups in total. The predicted molar refractivity (Wildman–Crippen MR) is 71.1 cm³/mol. The van der Waals surface area contributed by atoms with Gasteiger partial charge in [0, 0.05) is 29.2 Å². The molecule has 2 rings (SSSR count). The van der Waals surface area contributed by atoms with Crippen molar-refractivity contribution in [3.63, 3.8) is 0 Å². The third-order valence-corrected chi connectivity index (χ3v) is 3.27. The summed E-state index contributed by atoms with van der Waals surface area (Å²) in [6, 6.07) is 5.47. The van der Waals surface area contributed by atoms with Crippen molar-refractivity contribution in [3.8, 4) is 0 Å². The Bertz CT molecular complexity index is 427. The summed E-state index contributed by atoms with van der Waals surface area (Å²) >= 11 is 11.7. The number of rotatable bonds is 3. The summed E-state index contributed by atoms with van der Waals surface area (Å²) < 4.78 is 5.18. The molecule has 6 heteroatoms. The number of hydrogen-bond acceptors (Lipinski definition) is 3. The van der Waals surface area contributed by atoms with Crippen LogP contribution in [-0.4, -0.2) is 37.2 Å². The summed E-state index contributed by atoms with van der Waals surface area (Å²) in [5.41, 5.74) is 0.784. The second-order valence-electron chi connectivity index (χ2n) is 4.22. The number of likely N-dealkylation sites (tertiary alicyclic amines) is 1. The summed E-state index contributed by atoms with van der Waals surface area (Å²) in [5.74, 6) is 0. The van der Waals surface area contributed by atoms with Crippen molar-refractivity contribution < 1.29 is 9.53 Å². The normalized spacial score (nSPS) is 15.4. The van der Waals surface area contributed by atoms with Gasteiger partial charge in [-0.1, -0.05) is 23.2 Å². The average Bonchev–Trinajstić information content (AvgIpc) is 2.23. The minimum atomic E-state index is -0.308. The minimum Gasteiger partial charge on any atom is -0.445 e. The lowest BCUT2D eigenvalue weighted by Crippen LogP contribution is -2.58. The van der Waals surface area contributed by atoms with Gasteiger partial charge in [-0.25, -0.2) is 4.79 Å². The van der Waals surface area contributed by atoms with E-state index in [9.17, 15) is 4.79 Å². The minimum absolute atomic E-state index is 0.180. The highest BCUT2D eigenvalue weighted by molar-refractivity contribution is 6.34. The highest BCUT2D eigenvalue weighted by Crippen LogP contribution is 2.20. The fraction of sp³-hybridized carbons (Fsp3) is 0.417. The molecule has 4 nitrogen and oxygen atoms in total. The number of nitrogens with zero attached hydrogens (tertiary/aromatic N) is 1. The Hall–Kier alpha value is -0.970. The molecule has 0 aliphatic carbocycles. The Morgan fingerprint density at radius 1 is 1.39 bits per heavy atom. The smallest absolute Gasteiger partial charge is 0.410 e. The number of carbonyl (C=O) groups is 1. The lowest BCUT2D eigenvalue weighted by atomic mass is 10.1. The van der Waals surface area contributed by atoms with Gasteiger partial charge in [0.1, 0.15) is 6.61 Å². The first kappa shape index (κ1) is 13.5. The fourth-order valence-electron chi connectivity index (χ4n) is 1.74. The zero-order chi connectivity index (χ0) is 13.1. The number of nitrogens with one attached hydrogen (secondary N) is 1. The van der Waals surface area contributed by atoms with Crippen LogP contribution in [0.3, 0.4) is 0 Å². The van der Waals surface area contributed by atoms with Crippen molar-refractivity contribution in [2.75, 3.05) is 20.1 Å². The largest absolute Gasteiger partial charge is 0.445 e. The maximum absolute atomic E-state index is 11.6. The van der Waals surface area contributed by atoms with E-state index in [4.69, 9.17) is 27.9 Å². The number of likely N-dealkylation sites (N-methyl/N-ethyl adjacent to an activating group) is 1. The molecule has 0 unspecified atom stereocenters. The van der Waals surface area contributed by atoms with Crippen LogP contribution in [0.2, 0.25) is 10.0 Å². The molecule has 1 aromatic carbocycles. The standard InChI is InChI=1S/C12H14Cl2N2O2/c1-15-11-5-16(6-11)12(17)18-7-8-2-9(13)4-10(14)3-8/h2-4,11,15H,5-7H2,1H3. The molecular weight excluding hydrogens is 275 g/mol. The van der Waals surface area contributed by atoms with E-state index >= 15 is 0 Å². The molecule has 0 atom stereocenters. The van der Waals surface area contributed by atoms with Gasteiger partial charge >= 0.3 is 6.09 Å². The molecule has 98 valence electrons. The van der Waals surface area contributed by atoms with Crippen LogP contribution >= 0.6 is 23.2 Å². The van der Waals surface area contributed by atoms with Crippen molar-refractivity contribution >= 4 is 29.3 Å². The predicted octanol–water partition coefficient (Wildman–Crippen LogP) is 2.53. The summed E-state index contributed by atoms with van der Waals surface area (Å²) in [6.07, 6.45) is -0.308. The van der Waals surface area contributed by atoms with Gasteiger partial charge in [-0.2, -0.15) is 0 Å². The zero-order valence-electron chi connectivity index (χ0n) is 9.95. The van der Waals surface area contributed by atoms with Crippen LogP contribution in [0.1, 0.15) is 5.56 Å². The molecule has 1 aromatic rings. The second-order valence-corrected chi connectivity index (χ2v) is 5.10. The molecule has 0 saturated carbocycles.